The summed E-state index contributed by atoms with van der Waals surface area (Å²) in [5.41, 5.74) is 1.19. The van der Waals surface area contributed by atoms with Gasteiger partial charge in [0.25, 0.3) is 0 Å². The molecule has 6 rings (SSSR count). The van der Waals surface area contributed by atoms with Crippen molar-refractivity contribution < 1.29 is 64.3 Å². The number of alkyl halides is 7. The van der Waals surface area contributed by atoms with E-state index in [4.69, 9.17) is 41.7 Å². The van der Waals surface area contributed by atoms with Crippen LogP contribution in [0.3, 0.4) is 0 Å². The van der Waals surface area contributed by atoms with E-state index in [0.717, 1.165) is 12.0 Å². The Labute approximate surface area is 397 Å². The fourth-order valence-corrected chi connectivity index (χ4v) is 7.54. The first-order chi connectivity index (χ1) is 30.7. The van der Waals surface area contributed by atoms with E-state index in [1.165, 1.54) is 26.4 Å². The number of hydrogen-bond acceptors (Lipinski definition) is 10. The fraction of sp³-hybridized carbons (Fsp3) is 0.404. The number of rotatable bonds is 14. The van der Waals surface area contributed by atoms with Crippen molar-refractivity contribution in [2.75, 3.05) is 14.2 Å². The number of halogens is 9. The van der Waals surface area contributed by atoms with Crippen LogP contribution in [-0.4, -0.2) is 41.6 Å². The smallest absolute Gasteiger partial charge is 0.437 e. The number of aryl methyl sites for hydroxylation is 4. The second-order valence-electron chi connectivity index (χ2n) is 14.5. The lowest BCUT2D eigenvalue weighted by molar-refractivity contribution is -0.149. The zero-order chi connectivity index (χ0) is 48.2. The monoisotopic (exact) mass is 1030 g/mol. The Bertz CT molecular complexity index is 2530. The van der Waals surface area contributed by atoms with Gasteiger partial charge in [-0.3, -0.25) is 4.79 Å². The predicted molar refractivity (Wildman–Crippen MR) is 244 cm³/mol. The average molecular weight is 1040 g/mol. The van der Waals surface area contributed by atoms with E-state index in [0.29, 0.717) is 88.6 Å². The zero-order valence-corrected chi connectivity index (χ0v) is 39.3. The van der Waals surface area contributed by atoms with Crippen molar-refractivity contribution in [2.45, 2.75) is 110 Å². The number of aromatic hydroxyl groups is 1. The number of benzene rings is 4. The van der Waals surface area contributed by atoms with E-state index in [1.807, 2.05) is 27.7 Å². The number of esters is 2. The molecular weight excluding hydrogens is 985 g/mol. The first-order valence-electron chi connectivity index (χ1n) is 20.4. The highest BCUT2D eigenvalue weighted by Gasteiger charge is 2.40. The average Bonchev–Trinajstić information content (AvgIpc) is 3.91. The van der Waals surface area contributed by atoms with Crippen LogP contribution in [0, 0.1) is 0 Å². The van der Waals surface area contributed by atoms with Crippen molar-refractivity contribution in [2.24, 2.45) is 0 Å². The Morgan fingerprint density at radius 2 is 1.08 bits per heavy atom. The highest BCUT2D eigenvalue weighted by molar-refractivity contribution is 9.09. The molecule has 0 saturated heterocycles. The van der Waals surface area contributed by atoms with Gasteiger partial charge in [0.15, 0.2) is 22.6 Å². The summed E-state index contributed by atoms with van der Waals surface area (Å²) < 4.78 is 105. The minimum Gasteiger partial charge on any atom is -0.507 e. The number of hydrogen-bond donors (Lipinski definition) is 1. The molecule has 0 aliphatic rings. The highest BCUT2D eigenvalue weighted by atomic mass is 79.9. The van der Waals surface area contributed by atoms with E-state index < -0.39 is 40.6 Å². The number of aromatic nitrogens is 2. The topological polar surface area (TPSA) is 134 Å². The van der Waals surface area contributed by atoms with Gasteiger partial charge in [0, 0.05) is 26.7 Å². The Morgan fingerprint density at radius 3 is 1.52 bits per heavy atom. The third-order valence-corrected chi connectivity index (χ3v) is 11.2. The summed E-state index contributed by atoms with van der Waals surface area (Å²) in [5.74, 6) is -0.615. The van der Waals surface area contributed by atoms with Crippen molar-refractivity contribution in [3.8, 4) is 11.5 Å². The lowest BCUT2D eigenvalue weighted by Gasteiger charge is -2.22. The Hall–Kier alpha value is -5.00. The molecule has 0 aliphatic heterocycles. The molecule has 66 heavy (non-hydrogen) atoms. The maximum atomic E-state index is 13.5. The largest absolute Gasteiger partial charge is 0.507 e. The molecule has 0 bridgehead atoms. The van der Waals surface area contributed by atoms with E-state index in [2.05, 4.69) is 31.0 Å². The summed E-state index contributed by atoms with van der Waals surface area (Å²) >= 11 is 14.9. The summed E-state index contributed by atoms with van der Waals surface area (Å²) in [6, 6.07) is 16.3. The molecule has 1 N–H and O–H groups in total. The second kappa shape index (κ2) is 24.7. The maximum Gasteiger partial charge on any atom is 0.437 e. The van der Waals surface area contributed by atoms with Crippen LogP contribution in [-0.2, 0) is 57.1 Å². The maximum absolute atomic E-state index is 13.5. The third kappa shape index (κ3) is 13.6. The van der Waals surface area contributed by atoms with E-state index in [-0.39, 0.29) is 41.1 Å². The summed E-state index contributed by atoms with van der Waals surface area (Å²) in [7, 11) is 2.59. The van der Waals surface area contributed by atoms with Crippen molar-refractivity contribution in [3.63, 3.8) is 0 Å². The van der Waals surface area contributed by atoms with Crippen LogP contribution in [0.4, 0.5) is 26.3 Å². The molecule has 0 amide bonds. The molecule has 0 radical (unpaired) electrons. The van der Waals surface area contributed by atoms with E-state index >= 15 is 0 Å². The van der Waals surface area contributed by atoms with Crippen LogP contribution in [0.25, 0.3) is 21.9 Å². The van der Waals surface area contributed by atoms with Crippen LogP contribution < -0.4 is 4.74 Å². The van der Waals surface area contributed by atoms with Crippen LogP contribution in [0.1, 0.15) is 117 Å². The number of carbonyl (C=O) groups excluding carboxylic acids is 2. The minimum atomic E-state index is -4.65. The Kier molecular flexibility index (Phi) is 20.7. The fourth-order valence-electron chi connectivity index (χ4n) is 6.79. The molecule has 2 heterocycles. The van der Waals surface area contributed by atoms with Gasteiger partial charge in [0.05, 0.1) is 25.0 Å². The molecule has 4 aromatic carbocycles. The molecule has 10 nitrogen and oxygen atoms in total. The predicted octanol–water partition coefficient (Wildman–Crippen LogP) is 14.7. The van der Waals surface area contributed by atoms with Crippen LogP contribution in [0.5, 0.6) is 11.5 Å². The van der Waals surface area contributed by atoms with Gasteiger partial charge in [0.1, 0.15) is 16.3 Å². The molecule has 2 aromatic heterocycles. The molecule has 2 unspecified atom stereocenters. The van der Waals surface area contributed by atoms with Gasteiger partial charge in [0.2, 0.25) is 6.10 Å². The zero-order valence-electron chi connectivity index (χ0n) is 36.2. The van der Waals surface area contributed by atoms with Gasteiger partial charge >= 0.3 is 24.3 Å². The molecule has 360 valence electrons. The van der Waals surface area contributed by atoms with Crippen molar-refractivity contribution >= 4 is 73.0 Å². The number of nitrogens with zero attached hydrogens (tertiary/aromatic N) is 2. The summed E-state index contributed by atoms with van der Waals surface area (Å²) in [6.07, 6.45) is -5.86. The molecule has 2 atom stereocenters. The standard InChI is InChI=1S/C23H23ClF3NO4.C14H16F3NO2.C9H8BrClO2.CH4/c1-4-6-14-12-17-20(32-28-21(17)23(25,26)27)16(7-5-2)18(14)31-19(22(29)30-3)13-8-10-15(24)11-9-13;1-3-5-8-7-10-12(9(6-4-2)11(8)19)20-18-13(10)14(15,16)17;1-13-9(12)8(10)6-2-4-7(11)5-3-6;/h8-12,19H,4-7H2,1-3H3;7,19H,3-6H2,1-2H3;2-5,8H,1H3;1H4. The number of ether oxygens (including phenoxy) is 3. The summed E-state index contributed by atoms with van der Waals surface area (Å²) in [6.45, 7) is 7.59. The van der Waals surface area contributed by atoms with Crippen LogP contribution >= 0.6 is 39.1 Å². The van der Waals surface area contributed by atoms with Gasteiger partial charge in [-0.2, -0.15) is 26.3 Å². The van der Waals surface area contributed by atoms with Crippen LogP contribution in [0.15, 0.2) is 69.7 Å². The van der Waals surface area contributed by atoms with Crippen molar-refractivity contribution in [1.82, 2.24) is 10.3 Å². The number of phenols is 1. The highest BCUT2D eigenvalue weighted by Crippen LogP contribution is 2.43. The Morgan fingerprint density at radius 1 is 0.667 bits per heavy atom. The van der Waals surface area contributed by atoms with Crippen molar-refractivity contribution in [1.29, 1.82) is 0 Å². The normalized spacial score (nSPS) is 12.3. The van der Waals surface area contributed by atoms with Gasteiger partial charge in [-0.25, -0.2) is 4.79 Å². The molecule has 0 aliphatic carbocycles. The Balaban J connectivity index is 0.000000289. The summed E-state index contributed by atoms with van der Waals surface area (Å²) in [4.78, 5) is 23.2. The number of carbonyl (C=O) groups is 2. The van der Waals surface area contributed by atoms with Gasteiger partial charge in [-0.1, -0.05) is 135 Å². The minimum absolute atomic E-state index is 0. The first kappa shape index (κ1) is 55.3. The number of phenolic OH excluding ortho intramolecular Hbond substituents is 1. The van der Waals surface area contributed by atoms with Gasteiger partial charge in [-0.05, 0) is 78.8 Å². The van der Waals surface area contributed by atoms with Crippen molar-refractivity contribution in [3.05, 3.63) is 115 Å². The second-order valence-corrected chi connectivity index (χ2v) is 16.3. The summed E-state index contributed by atoms with van der Waals surface area (Å²) in [5, 5.41) is 17.6. The first-order valence-corrected chi connectivity index (χ1v) is 22.1. The lowest BCUT2D eigenvalue weighted by Crippen LogP contribution is -2.21. The third-order valence-electron chi connectivity index (χ3n) is 9.77. The van der Waals surface area contributed by atoms with Gasteiger partial charge in [-0.15, -0.1) is 0 Å². The lowest BCUT2D eigenvalue weighted by atomic mass is 9.97. The quantitative estimate of drug-likeness (QED) is 0.0638. The molecule has 0 spiro atoms. The molecule has 0 fully saturated rings. The SMILES string of the molecule is C.CCCc1cc2c(C(F)(F)F)noc2c(CCC)c1O.CCCc1cc2c(C(F)(F)F)noc2c(CCC)c1OC(C(=O)OC)c1ccc(Cl)cc1.COC(=O)C(Br)c1ccc(Cl)cc1. The van der Waals surface area contributed by atoms with Crippen LogP contribution in [0.2, 0.25) is 10.0 Å². The molecular formula is C47H51BrCl2F6N2O8. The molecule has 6 aromatic rings. The van der Waals surface area contributed by atoms with Gasteiger partial charge < -0.3 is 28.4 Å². The number of fused-ring (bicyclic) bond motifs is 2. The van der Waals surface area contributed by atoms with E-state index in [9.17, 15) is 41.0 Å². The molecule has 0 saturated carbocycles. The van der Waals surface area contributed by atoms with E-state index in [1.54, 1.807) is 48.5 Å². The number of methoxy groups -OCH3 is 2. The molecule has 19 heteroatoms.